The maximum absolute atomic E-state index is 13.0. The van der Waals surface area contributed by atoms with E-state index < -0.39 is 28.5 Å². The Morgan fingerprint density at radius 2 is 1.74 bits per heavy atom. The van der Waals surface area contributed by atoms with Crippen LogP contribution in [-0.2, 0) is 20.6 Å². The molecule has 15 heteroatoms. The quantitative estimate of drug-likeness (QED) is 0.163. The van der Waals surface area contributed by atoms with Crippen molar-refractivity contribution in [2.24, 2.45) is 0 Å². The summed E-state index contributed by atoms with van der Waals surface area (Å²) in [4.78, 5) is 47.2. The fourth-order valence-corrected chi connectivity index (χ4v) is 8.27. The molecule has 2 atom stereocenters. The molecule has 3 aliphatic rings. The van der Waals surface area contributed by atoms with E-state index in [1.807, 2.05) is 28.6 Å². The van der Waals surface area contributed by atoms with Crippen LogP contribution in [-0.4, -0.2) is 91.3 Å². The van der Waals surface area contributed by atoms with E-state index in [0.717, 1.165) is 69.1 Å². The SMILES string of the molecule is C1CCCC1.CC(CCC(=O)NC=O)c1ccc(OC2CCN(CCCS(=O)N3CCC(Nc4ncc5cc(C(F)F)c(=O)[nH]c5n4)CC3)CC2)cc1. The fourth-order valence-electron chi connectivity index (χ4n) is 7.02. The lowest BCUT2D eigenvalue weighted by atomic mass is 9.96. The van der Waals surface area contributed by atoms with Gasteiger partial charge in [-0.25, -0.2) is 22.3 Å². The number of fused-ring (bicyclic) bond motifs is 1. The molecule has 0 spiro atoms. The minimum atomic E-state index is -2.87. The number of hydrogen-bond donors (Lipinski definition) is 3. The maximum atomic E-state index is 13.0. The minimum Gasteiger partial charge on any atom is -0.490 e. The summed E-state index contributed by atoms with van der Waals surface area (Å²) in [5.41, 5.74) is -0.139. The molecule has 3 fully saturated rings. The van der Waals surface area contributed by atoms with Crippen LogP contribution in [0.3, 0.4) is 0 Å². The first-order chi connectivity index (χ1) is 25.7. The number of alkyl halides is 2. The second kappa shape index (κ2) is 20.6. The topological polar surface area (TPSA) is 150 Å². The Kier molecular flexibility index (Phi) is 15.7. The number of nitrogens with one attached hydrogen (secondary N) is 3. The van der Waals surface area contributed by atoms with Gasteiger partial charge in [0.15, 0.2) is 0 Å². The van der Waals surface area contributed by atoms with E-state index in [2.05, 4.69) is 37.4 Å². The normalized spacial score (nSPS) is 18.6. The molecular weight excluding hydrogens is 705 g/mol. The summed E-state index contributed by atoms with van der Waals surface area (Å²) in [7, 11) is -1.06. The van der Waals surface area contributed by atoms with Crippen molar-refractivity contribution >= 4 is 40.3 Å². The predicted octanol–water partition coefficient (Wildman–Crippen LogP) is 5.84. The van der Waals surface area contributed by atoms with Gasteiger partial charge in [-0.3, -0.25) is 19.7 Å². The number of pyridine rings is 1. The molecule has 3 aromatic rings. The van der Waals surface area contributed by atoms with Gasteiger partial charge in [-0.15, -0.1) is 0 Å². The Bertz CT molecular complexity index is 1680. The van der Waals surface area contributed by atoms with Crippen molar-refractivity contribution in [1.82, 2.24) is 29.5 Å². The van der Waals surface area contributed by atoms with Crippen LogP contribution >= 0.6 is 0 Å². The van der Waals surface area contributed by atoms with Crippen LogP contribution in [0, 0.1) is 0 Å². The van der Waals surface area contributed by atoms with Crippen molar-refractivity contribution in [2.45, 2.75) is 108 Å². The fraction of sp³-hybridized carbons (Fsp3) is 0.605. The van der Waals surface area contributed by atoms with Gasteiger partial charge in [-0.05, 0) is 74.8 Å². The third kappa shape index (κ3) is 12.6. The average molecular weight is 758 g/mol. The van der Waals surface area contributed by atoms with Gasteiger partial charge in [0.25, 0.3) is 12.0 Å². The molecule has 1 aromatic carbocycles. The molecule has 2 unspecified atom stereocenters. The number of hydrogen-bond acceptors (Lipinski definition) is 9. The zero-order valence-electron chi connectivity index (χ0n) is 30.6. The standard InChI is InChI=1S/C33H43F2N7O5S.C5H10/c1-22(3-8-29(44)37-21-43)23-4-6-26(7-5-23)47-27-11-14-41(15-12-27)13-2-18-48(46)42-16-9-25(10-17-42)38-33-36-20-24-19-28(30(34)35)32(45)39-31(24)40-33;1-2-4-5-3-1/h4-7,19-22,25,27,30H,2-3,8-18H2,1H3,(H,37,43,44)(H2,36,38,39,40,45);1-5H2. The van der Waals surface area contributed by atoms with Gasteiger partial charge in [0.1, 0.15) is 17.5 Å². The maximum Gasteiger partial charge on any atom is 0.269 e. The molecular formula is C38H53F2N7O5S. The molecule has 0 radical (unpaired) electrons. The van der Waals surface area contributed by atoms with E-state index in [1.54, 1.807) is 0 Å². The number of nitrogens with zero attached hydrogens (tertiary/aromatic N) is 4. The molecule has 6 rings (SSSR count). The number of ether oxygens (including phenoxy) is 1. The first kappa shape index (κ1) is 40.4. The number of imide groups is 1. The van der Waals surface area contributed by atoms with Crippen LogP contribution in [0.4, 0.5) is 14.7 Å². The number of H-pyrrole nitrogens is 1. The Morgan fingerprint density at radius 1 is 1.06 bits per heavy atom. The largest absolute Gasteiger partial charge is 0.490 e. The van der Waals surface area contributed by atoms with E-state index in [4.69, 9.17) is 4.74 Å². The van der Waals surface area contributed by atoms with Gasteiger partial charge >= 0.3 is 0 Å². The summed E-state index contributed by atoms with van der Waals surface area (Å²) >= 11 is 0. The number of piperidine rings is 2. The molecule has 53 heavy (non-hydrogen) atoms. The van der Waals surface area contributed by atoms with Crippen molar-refractivity contribution in [2.75, 3.05) is 43.8 Å². The van der Waals surface area contributed by atoms with Crippen LogP contribution in [0.15, 0.2) is 41.3 Å². The average Bonchev–Trinajstić information content (AvgIpc) is 3.76. The summed E-state index contributed by atoms with van der Waals surface area (Å²) < 4.78 is 47.3. The molecule has 1 aliphatic carbocycles. The van der Waals surface area contributed by atoms with E-state index in [1.165, 1.54) is 38.3 Å². The highest BCUT2D eigenvalue weighted by Gasteiger charge is 2.25. The number of carbonyl (C=O) groups excluding carboxylic acids is 2. The third-order valence-corrected chi connectivity index (χ3v) is 11.9. The van der Waals surface area contributed by atoms with E-state index in [9.17, 15) is 27.4 Å². The van der Waals surface area contributed by atoms with E-state index in [-0.39, 0.29) is 29.6 Å². The Labute approximate surface area is 312 Å². The molecule has 0 bridgehead atoms. The van der Waals surface area contributed by atoms with Crippen molar-refractivity contribution < 1.29 is 27.3 Å². The highest BCUT2D eigenvalue weighted by atomic mass is 32.2. The van der Waals surface area contributed by atoms with Gasteiger partial charge in [-0.1, -0.05) is 51.2 Å². The number of halogens is 2. The number of anilines is 1. The minimum absolute atomic E-state index is 0.0717. The number of aromatic amines is 1. The van der Waals surface area contributed by atoms with Crippen LogP contribution in [0.5, 0.6) is 5.75 Å². The van der Waals surface area contributed by atoms with Crippen LogP contribution in [0.2, 0.25) is 0 Å². The summed E-state index contributed by atoms with van der Waals surface area (Å²) in [6.45, 7) is 6.18. The highest BCUT2D eigenvalue weighted by Crippen LogP contribution is 2.26. The summed E-state index contributed by atoms with van der Waals surface area (Å²) in [6, 6.07) is 9.21. The Balaban J connectivity index is 0.000000998. The van der Waals surface area contributed by atoms with E-state index >= 15 is 0 Å². The number of carbonyl (C=O) groups is 2. The summed E-state index contributed by atoms with van der Waals surface area (Å²) in [5.74, 6) is 1.70. The van der Waals surface area contributed by atoms with Gasteiger partial charge in [-0.2, -0.15) is 4.98 Å². The van der Waals surface area contributed by atoms with Gasteiger partial charge in [0.2, 0.25) is 18.3 Å². The van der Waals surface area contributed by atoms with Crippen LogP contribution in [0.25, 0.3) is 11.0 Å². The van der Waals surface area contributed by atoms with Crippen molar-refractivity contribution in [3.63, 3.8) is 0 Å². The zero-order valence-corrected chi connectivity index (χ0v) is 31.4. The van der Waals surface area contributed by atoms with Crippen molar-refractivity contribution in [3.05, 3.63) is 58.0 Å². The molecule has 290 valence electrons. The van der Waals surface area contributed by atoms with Gasteiger partial charge in [0.05, 0.1) is 16.5 Å². The molecule has 1 saturated carbocycles. The number of amides is 2. The van der Waals surface area contributed by atoms with Gasteiger partial charge < -0.3 is 19.9 Å². The first-order valence-corrected chi connectivity index (χ1v) is 20.3. The number of aromatic nitrogens is 3. The highest BCUT2D eigenvalue weighted by molar-refractivity contribution is 7.82. The van der Waals surface area contributed by atoms with Crippen LogP contribution < -0.4 is 20.9 Å². The second-order valence-electron chi connectivity index (χ2n) is 14.2. The van der Waals surface area contributed by atoms with Crippen LogP contribution in [0.1, 0.15) is 107 Å². The first-order valence-electron chi connectivity index (χ1n) is 19.0. The zero-order chi connectivity index (χ0) is 37.6. The number of benzene rings is 1. The number of rotatable bonds is 15. The molecule has 2 aliphatic heterocycles. The van der Waals surface area contributed by atoms with Crippen molar-refractivity contribution in [3.8, 4) is 5.75 Å². The lowest BCUT2D eigenvalue weighted by molar-refractivity contribution is -0.125. The molecule has 3 N–H and O–H groups in total. The Hall–Kier alpha value is -3.82. The monoisotopic (exact) mass is 757 g/mol. The van der Waals surface area contributed by atoms with Crippen molar-refractivity contribution in [1.29, 1.82) is 0 Å². The molecule has 2 saturated heterocycles. The molecule has 2 aromatic heterocycles. The third-order valence-electron chi connectivity index (χ3n) is 10.3. The lowest BCUT2D eigenvalue weighted by Crippen LogP contribution is -2.42. The van der Waals surface area contributed by atoms with E-state index in [0.29, 0.717) is 49.4 Å². The molecule has 4 heterocycles. The predicted molar refractivity (Wildman–Crippen MR) is 202 cm³/mol. The Morgan fingerprint density at radius 3 is 2.38 bits per heavy atom. The lowest BCUT2D eigenvalue weighted by Gasteiger charge is -2.33. The summed E-state index contributed by atoms with van der Waals surface area (Å²) in [6.07, 6.45) is 11.8. The smallest absolute Gasteiger partial charge is 0.269 e. The molecule has 2 amide bonds. The molecule has 12 nitrogen and oxygen atoms in total. The van der Waals surface area contributed by atoms with Gasteiger partial charge in [0, 0.05) is 56.0 Å². The second-order valence-corrected chi connectivity index (χ2v) is 15.8. The summed E-state index contributed by atoms with van der Waals surface area (Å²) in [5, 5.41) is 5.77. The number of likely N-dealkylation sites (tertiary alicyclic amines) is 1.